The van der Waals surface area contributed by atoms with Crippen LogP contribution in [0.2, 0.25) is 5.15 Å². The van der Waals surface area contributed by atoms with Gasteiger partial charge in [-0.25, -0.2) is 9.97 Å². The Balaban J connectivity index is 1.87. The van der Waals surface area contributed by atoms with E-state index in [0.717, 1.165) is 47.5 Å². The zero-order valence-corrected chi connectivity index (χ0v) is 15.8. The van der Waals surface area contributed by atoms with Crippen LogP contribution in [0.1, 0.15) is 43.1 Å². The Bertz CT molecular complexity index is 932. The summed E-state index contributed by atoms with van der Waals surface area (Å²) in [5.41, 5.74) is 4.74. The average molecular weight is 372 g/mol. The number of carbonyl (C=O) groups is 1. The molecule has 2 aromatic heterocycles. The van der Waals surface area contributed by atoms with E-state index in [1.807, 2.05) is 13.0 Å². The van der Waals surface area contributed by atoms with E-state index >= 15 is 0 Å². The molecule has 1 N–H and O–H groups in total. The summed E-state index contributed by atoms with van der Waals surface area (Å²) in [5.74, 6) is 0.212. The van der Waals surface area contributed by atoms with Gasteiger partial charge in [0.2, 0.25) is 0 Å². The molecule has 0 saturated heterocycles. The van der Waals surface area contributed by atoms with Crippen molar-refractivity contribution in [1.29, 1.82) is 0 Å². The number of fused-ring (bicyclic) bond motifs is 1. The van der Waals surface area contributed by atoms with Crippen LogP contribution in [0.15, 0.2) is 30.3 Å². The summed E-state index contributed by atoms with van der Waals surface area (Å²) in [6.45, 7) is 4.00. The highest BCUT2D eigenvalue weighted by atomic mass is 35.5. The zero-order chi connectivity index (χ0) is 18.7. The molecule has 5 nitrogen and oxygen atoms in total. The van der Waals surface area contributed by atoms with E-state index in [1.54, 1.807) is 0 Å². The van der Waals surface area contributed by atoms with E-state index in [2.05, 4.69) is 40.7 Å². The summed E-state index contributed by atoms with van der Waals surface area (Å²) >= 11 is 6.22. The Labute approximate surface area is 157 Å². The normalized spacial score (nSPS) is 11.2. The van der Waals surface area contributed by atoms with Crippen LogP contribution < -0.4 is 0 Å². The number of hydrogen-bond donors (Lipinski definition) is 1. The molecular formula is C20H22ClN3O2. The predicted octanol–water partition coefficient (Wildman–Crippen LogP) is 4.74. The molecule has 0 bridgehead atoms. The fraction of sp³-hybridized carbons (Fsp3) is 0.350. The minimum absolute atomic E-state index is 0.227. The average Bonchev–Trinajstić information content (AvgIpc) is 2.97. The lowest BCUT2D eigenvalue weighted by Gasteiger charge is -2.09. The minimum atomic E-state index is -0.735. The molecule has 0 spiro atoms. The Morgan fingerprint density at radius 1 is 1.19 bits per heavy atom. The molecule has 3 rings (SSSR count). The van der Waals surface area contributed by atoms with E-state index in [4.69, 9.17) is 21.7 Å². The van der Waals surface area contributed by atoms with Crippen LogP contribution in [0, 0.1) is 6.92 Å². The second-order valence-electron chi connectivity index (χ2n) is 6.42. The molecule has 1 aromatic carbocycles. The van der Waals surface area contributed by atoms with Crippen molar-refractivity contribution >= 4 is 28.7 Å². The van der Waals surface area contributed by atoms with Crippen molar-refractivity contribution in [1.82, 2.24) is 14.5 Å². The van der Waals surface area contributed by atoms with Gasteiger partial charge in [0, 0.05) is 18.5 Å². The quantitative estimate of drug-likeness (QED) is 0.481. The molecule has 0 aliphatic rings. The summed E-state index contributed by atoms with van der Waals surface area (Å²) in [6, 6.07) is 10.2. The molecule has 0 amide bonds. The number of aromatic nitrogens is 3. The lowest BCUT2D eigenvalue weighted by Crippen LogP contribution is -2.01. The first-order valence-electron chi connectivity index (χ1n) is 8.85. The molecule has 2 heterocycles. The van der Waals surface area contributed by atoms with Crippen molar-refractivity contribution in [2.24, 2.45) is 0 Å². The summed E-state index contributed by atoms with van der Waals surface area (Å²) < 4.78 is 2.05. The third-order valence-electron chi connectivity index (χ3n) is 4.45. The molecule has 26 heavy (non-hydrogen) atoms. The lowest BCUT2D eigenvalue weighted by atomic mass is 10.1. The van der Waals surface area contributed by atoms with Gasteiger partial charge in [0.15, 0.2) is 5.65 Å². The predicted molar refractivity (Wildman–Crippen MR) is 103 cm³/mol. The number of imidazole rings is 1. The summed E-state index contributed by atoms with van der Waals surface area (Å²) in [7, 11) is 0. The van der Waals surface area contributed by atoms with E-state index in [1.165, 1.54) is 5.56 Å². The third-order valence-corrected chi connectivity index (χ3v) is 4.83. The van der Waals surface area contributed by atoms with Gasteiger partial charge in [-0.15, -0.1) is 0 Å². The topological polar surface area (TPSA) is 68.0 Å². The van der Waals surface area contributed by atoms with E-state index in [-0.39, 0.29) is 6.42 Å². The largest absolute Gasteiger partial charge is 0.481 e. The number of halogens is 1. The molecule has 3 aromatic rings. The van der Waals surface area contributed by atoms with Gasteiger partial charge in [-0.2, -0.15) is 0 Å². The van der Waals surface area contributed by atoms with Crippen molar-refractivity contribution in [3.8, 4) is 5.69 Å². The van der Waals surface area contributed by atoms with Crippen LogP contribution in [0.5, 0.6) is 0 Å². The molecule has 0 aliphatic carbocycles. The molecular weight excluding hydrogens is 350 g/mol. The first-order valence-corrected chi connectivity index (χ1v) is 9.23. The fourth-order valence-corrected chi connectivity index (χ4v) is 3.19. The standard InChI is InChI=1S/C20H22ClN3O2/c1-3-17-22-16-12-13(2)19(21)23-20(16)24(17)15-10-8-14(9-11-15)6-4-5-7-18(25)26/h8-12H,3-7H2,1-2H3,(H,25,26). The molecule has 0 fully saturated rings. The Hall–Kier alpha value is -2.40. The van der Waals surface area contributed by atoms with Gasteiger partial charge in [0.05, 0.1) is 0 Å². The number of benzene rings is 1. The van der Waals surface area contributed by atoms with Crippen LogP contribution in [0.25, 0.3) is 16.9 Å². The first kappa shape index (κ1) is 18.4. The van der Waals surface area contributed by atoms with Gasteiger partial charge in [0.25, 0.3) is 0 Å². The SMILES string of the molecule is CCc1nc2cc(C)c(Cl)nc2n1-c1ccc(CCCCC(=O)O)cc1. The summed E-state index contributed by atoms with van der Waals surface area (Å²) in [4.78, 5) is 19.8. The van der Waals surface area contributed by atoms with Crippen molar-refractivity contribution in [2.75, 3.05) is 0 Å². The van der Waals surface area contributed by atoms with Crippen LogP contribution in [-0.4, -0.2) is 25.6 Å². The maximum absolute atomic E-state index is 10.6. The summed E-state index contributed by atoms with van der Waals surface area (Å²) in [6.07, 6.45) is 3.47. The van der Waals surface area contributed by atoms with Gasteiger partial charge in [-0.3, -0.25) is 9.36 Å². The van der Waals surface area contributed by atoms with Crippen molar-refractivity contribution < 1.29 is 9.90 Å². The number of carboxylic acid groups (broad SMARTS) is 1. The molecule has 0 saturated carbocycles. The molecule has 6 heteroatoms. The fourth-order valence-electron chi connectivity index (χ4n) is 3.05. The van der Waals surface area contributed by atoms with Crippen LogP contribution >= 0.6 is 11.6 Å². The van der Waals surface area contributed by atoms with E-state index in [0.29, 0.717) is 11.6 Å². The van der Waals surface area contributed by atoms with Crippen LogP contribution in [-0.2, 0) is 17.6 Å². The monoisotopic (exact) mass is 371 g/mol. The van der Waals surface area contributed by atoms with Crippen LogP contribution in [0.3, 0.4) is 0 Å². The van der Waals surface area contributed by atoms with Gasteiger partial charge in [-0.05, 0) is 55.5 Å². The van der Waals surface area contributed by atoms with E-state index in [9.17, 15) is 4.79 Å². The third kappa shape index (κ3) is 3.88. The molecule has 0 atom stereocenters. The smallest absolute Gasteiger partial charge is 0.303 e. The van der Waals surface area contributed by atoms with E-state index < -0.39 is 5.97 Å². The highest BCUT2D eigenvalue weighted by Crippen LogP contribution is 2.25. The summed E-state index contributed by atoms with van der Waals surface area (Å²) in [5, 5.41) is 9.20. The minimum Gasteiger partial charge on any atom is -0.481 e. The molecule has 0 radical (unpaired) electrons. The number of rotatable bonds is 7. The highest BCUT2D eigenvalue weighted by molar-refractivity contribution is 6.30. The maximum Gasteiger partial charge on any atom is 0.303 e. The Morgan fingerprint density at radius 3 is 2.58 bits per heavy atom. The number of hydrogen-bond acceptors (Lipinski definition) is 3. The number of carboxylic acids is 1. The number of aliphatic carboxylic acids is 1. The van der Waals surface area contributed by atoms with Crippen LogP contribution in [0.4, 0.5) is 0 Å². The number of nitrogens with zero attached hydrogens (tertiary/aromatic N) is 3. The lowest BCUT2D eigenvalue weighted by molar-refractivity contribution is -0.137. The van der Waals surface area contributed by atoms with Crippen molar-refractivity contribution in [3.63, 3.8) is 0 Å². The Morgan fingerprint density at radius 2 is 1.92 bits per heavy atom. The number of unbranched alkanes of at least 4 members (excludes halogenated alkanes) is 1. The molecule has 0 unspecified atom stereocenters. The van der Waals surface area contributed by atoms with Crippen molar-refractivity contribution in [3.05, 3.63) is 52.4 Å². The zero-order valence-electron chi connectivity index (χ0n) is 15.0. The number of pyridine rings is 1. The Kier molecular flexibility index (Phi) is 5.57. The van der Waals surface area contributed by atoms with Gasteiger partial charge < -0.3 is 5.11 Å². The highest BCUT2D eigenvalue weighted by Gasteiger charge is 2.14. The molecule has 136 valence electrons. The second-order valence-corrected chi connectivity index (χ2v) is 6.78. The van der Waals surface area contributed by atoms with Gasteiger partial charge >= 0.3 is 5.97 Å². The number of aryl methyl sites for hydroxylation is 3. The van der Waals surface area contributed by atoms with Gasteiger partial charge in [-0.1, -0.05) is 30.7 Å². The maximum atomic E-state index is 10.6. The molecule has 0 aliphatic heterocycles. The van der Waals surface area contributed by atoms with Gasteiger partial charge in [0.1, 0.15) is 16.5 Å². The second kappa shape index (κ2) is 7.87. The van der Waals surface area contributed by atoms with Crippen molar-refractivity contribution in [2.45, 2.75) is 46.0 Å². The first-order chi connectivity index (χ1) is 12.5.